The van der Waals surface area contributed by atoms with Crippen molar-refractivity contribution in [2.75, 3.05) is 6.54 Å². The zero-order chi connectivity index (χ0) is 29.2. The van der Waals surface area contributed by atoms with Gasteiger partial charge in [0.25, 0.3) is 0 Å². The fourth-order valence-corrected chi connectivity index (χ4v) is 7.26. The Bertz CT molecular complexity index is 1610. The number of halogens is 3. The van der Waals surface area contributed by atoms with Gasteiger partial charge in [0, 0.05) is 23.0 Å². The lowest BCUT2D eigenvalue weighted by Crippen LogP contribution is -2.58. The van der Waals surface area contributed by atoms with Crippen molar-refractivity contribution < 1.29 is 27.5 Å². The lowest BCUT2D eigenvalue weighted by molar-refractivity contribution is -0.143. The molecule has 0 radical (unpaired) electrons. The molecule has 3 aromatic carbocycles. The molecule has 1 aliphatic heterocycles. The maximum atomic E-state index is 13.7. The number of carboxylic acids is 1. The van der Waals surface area contributed by atoms with Crippen LogP contribution >= 0.6 is 23.2 Å². The van der Waals surface area contributed by atoms with Crippen molar-refractivity contribution >= 4 is 45.1 Å². The average molecular weight is 604 g/mol. The smallest absolute Gasteiger partial charge is 0.326 e. The molecule has 3 aromatic rings. The lowest BCUT2D eigenvalue weighted by atomic mass is 9.97. The molecule has 40 heavy (non-hydrogen) atoms. The fraction of sp³-hybridized carbons (Fsp3) is 0.250. The number of nitrogens with zero attached hydrogens (tertiary/aromatic N) is 2. The van der Waals surface area contributed by atoms with Crippen LogP contribution < -0.4 is 5.32 Å². The Hall–Kier alpha value is -3.49. The summed E-state index contributed by atoms with van der Waals surface area (Å²) in [5, 5.41) is 21.7. The molecule has 1 aliphatic rings. The van der Waals surface area contributed by atoms with Crippen molar-refractivity contribution in [2.24, 2.45) is 0 Å². The molecule has 208 valence electrons. The third-order valence-corrected chi connectivity index (χ3v) is 9.34. The number of rotatable bonds is 8. The summed E-state index contributed by atoms with van der Waals surface area (Å²) in [4.78, 5) is 25.4. The lowest BCUT2D eigenvalue weighted by Gasteiger charge is -2.34. The highest BCUT2D eigenvalue weighted by atomic mass is 35.5. The highest BCUT2D eigenvalue weighted by molar-refractivity contribution is 7.89. The predicted octanol–water partition coefficient (Wildman–Crippen LogP) is 5.03. The Labute approximate surface area is 241 Å². The van der Waals surface area contributed by atoms with Crippen molar-refractivity contribution in [3.63, 3.8) is 0 Å². The molecule has 0 saturated carbocycles. The molecule has 1 unspecified atom stereocenters. The summed E-state index contributed by atoms with van der Waals surface area (Å²) in [5.74, 6) is -2.64. The quantitative estimate of drug-likeness (QED) is 0.372. The molecule has 1 amide bonds. The summed E-state index contributed by atoms with van der Waals surface area (Å²) in [5.41, 5.74) is 0.270. The summed E-state index contributed by atoms with van der Waals surface area (Å²) in [7, 11) is -4.18. The van der Waals surface area contributed by atoms with E-state index < -0.39 is 39.3 Å². The Balaban J connectivity index is 1.53. The van der Waals surface area contributed by atoms with Crippen LogP contribution in [-0.4, -0.2) is 47.8 Å². The van der Waals surface area contributed by atoms with Crippen molar-refractivity contribution in [3.8, 4) is 17.2 Å². The number of carbonyl (C=O) groups is 2. The van der Waals surface area contributed by atoms with Gasteiger partial charge in [-0.05, 0) is 66.8 Å². The maximum absolute atomic E-state index is 13.7. The largest absolute Gasteiger partial charge is 0.480 e. The van der Waals surface area contributed by atoms with E-state index in [9.17, 15) is 27.5 Å². The van der Waals surface area contributed by atoms with Crippen LogP contribution in [0.5, 0.6) is 0 Å². The Morgan fingerprint density at radius 2 is 1.73 bits per heavy atom. The number of benzene rings is 3. The Morgan fingerprint density at radius 1 is 1.10 bits per heavy atom. The molecule has 4 rings (SSSR count). The molecule has 1 saturated heterocycles. The van der Waals surface area contributed by atoms with E-state index in [-0.39, 0.29) is 39.9 Å². The van der Waals surface area contributed by atoms with E-state index in [0.717, 1.165) is 4.31 Å². The van der Waals surface area contributed by atoms with Crippen LogP contribution in [0.1, 0.15) is 30.9 Å². The molecular formula is C28H24Cl2FN3O5S. The van der Waals surface area contributed by atoms with Gasteiger partial charge in [0.1, 0.15) is 23.5 Å². The van der Waals surface area contributed by atoms with Gasteiger partial charge in [-0.15, -0.1) is 0 Å². The topological polar surface area (TPSA) is 128 Å². The minimum Gasteiger partial charge on any atom is -0.480 e. The normalized spacial score (nSPS) is 18.2. The average Bonchev–Trinajstić information content (AvgIpc) is 3.32. The molecule has 0 aliphatic carbocycles. The molecule has 0 aromatic heterocycles. The number of sulfonamides is 1. The van der Waals surface area contributed by atoms with E-state index in [0.29, 0.717) is 23.1 Å². The minimum absolute atomic E-state index is 0.0620. The number of hydrogen-bond donors (Lipinski definition) is 2. The van der Waals surface area contributed by atoms with Crippen LogP contribution in [0.3, 0.4) is 0 Å². The summed E-state index contributed by atoms with van der Waals surface area (Å²) in [6.07, 6.45) is 0.518. The van der Waals surface area contributed by atoms with Crippen LogP contribution in [0.25, 0.3) is 11.1 Å². The Kier molecular flexibility index (Phi) is 8.52. The summed E-state index contributed by atoms with van der Waals surface area (Å²) in [6, 6.07) is 15.2. The molecule has 1 heterocycles. The van der Waals surface area contributed by atoms with Crippen molar-refractivity contribution in [1.29, 1.82) is 5.26 Å². The molecular weight excluding hydrogens is 580 g/mol. The molecule has 0 bridgehead atoms. The molecule has 8 nitrogen and oxygen atoms in total. The van der Waals surface area contributed by atoms with E-state index >= 15 is 0 Å². The first-order valence-corrected chi connectivity index (χ1v) is 14.4. The zero-order valence-corrected chi connectivity index (χ0v) is 23.5. The standard InChI is InChI=1S/C28H24Cl2FN3O5S/c1-28(9-2-10-34(28)40(38,39)23-14-21(29)13-22(30)15-23)27(37)33-25(26(35)36)11-17-3-5-18(6-4-17)19-7-8-24(31)20(12-19)16-32/h3-8,12-15,25H,2,9-11H2,1H3,(H,33,37)(H,35,36)/t25?,28-/m0/s1. The van der Waals surface area contributed by atoms with E-state index in [2.05, 4.69) is 5.32 Å². The first-order valence-electron chi connectivity index (χ1n) is 12.2. The summed E-state index contributed by atoms with van der Waals surface area (Å²) >= 11 is 12.0. The first-order chi connectivity index (χ1) is 18.8. The van der Waals surface area contributed by atoms with E-state index in [1.807, 2.05) is 0 Å². The zero-order valence-electron chi connectivity index (χ0n) is 21.2. The Morgan fingerprint density at radius 3 is 2.33 bits per heavy atom. The van der Waals surface area contributed by atoms with E-state index in [1.54, 1.807) is 30.3 Å². The number of nitriles is 1. The number of carboxylic acid groups (broad SMARTS) is 1. The monoisotopic (exact) mass is 603 g/mol. The maximum Gasteiger partial charge on any atom is 0.326 e. The second-order valence-corrected chi connectivity index (χ2v) is 12.4. The third kappa shape index (κ3) is 5.98. The number of nitrogens with one attached hydrogen (secondary N) is 1. The second kappa shape index (κ2) is 11.6. The fourth-order valence-electron chi connectivity index (χ4n) is 4.73. The number of amides is 1. The van der Waals surface area contributed by atoms with Gasteiger partial charge in [0.05, 0.1) is 10.5 Å². The molecule has 2 N–H and O–H groups in total. The van der Waals surface area contributed by atoms with Gasteiger partial charge in [0.2, 0.25) is 15.9 Å². The third-order valence-electron chi connectivity index (χ3n) is 6.91. The van der Waals surface area contributed by atoms with Gasteiger partial charge >= 0.3 is 5.97 Å². The summed E-state index contributed by atoms with van der Waals surface area (Å²) in [6.45, 7) is 1.53. The van der Waals surface area contributed by atoms with Crippen molar-refractivity contribution in [1.82, 2.24) is 9.62 Å². The number of aliphatic carboxylic acids is 1. The molecule has 12 heteroatoms. The van der Waals surface area contributed by atoms with Gasteiger partial charge in [-0.1, -0.05) is 53.5 Å². The SMILES string of the molecule is C[C@@]1(C(=O)NC(Cc2ccc(-c3ccc(F)c(C#N)c3)cc2)C(=O)O)CCCN1S(=O)(=O)c1cc(Cl)cc(Cl)c1. The van der Waals surface area contributed by atoms with Crippen LogP contribution in [-0.2, 0) is 26.0 Å². The minimum atomic E-state index is -4.18. The van der Waals surface area contributed by atoms with Crippen LogP contribution in [0, 0.1) is 17.1 Å². The number of carbonyl (C=O) groups excluding carboxylic acids is 1. The molecule has 0 spiro atoms. The van der Waals surface area contributed by atoms with Crippen molar-refractivity contribution in [3.05, 3.63) is 87.7 Å². The van der Waals surface area contributed by atoms with Gasteiger partial charge in [-0.25, -0.2) is 17.6 Å². The van der Waals surface area contributed by atoms with Gasteiger partial charge in [-0.2, -0.15) is 9.57 Å². The molecule has 2 atom stereocenters. The van der Waals surface area contributed by atoms with E-state index in [1.165, 1.54) is 43.3 Å². The van der Waals surface area contributed by atoms with Gasteiger partial charge in [-0.3, -0.25) is 4.79 Å². The first kappa shape index (κ1) is 29.5. The predicted molar refractivity (Wildman–Crippen MR) is 148 cm³/mol. The van der Waals surface area contributed by atoms with Crippen LogP contribution in [0.2, 0.25) is 10.0 Å². The highest BCUT2D eigenvalue weighted by Gasteiger charge is 2.50. The van der Waals surface area contributed by atoms with E-state index in [4.69, 9.17) is 28.5 Å². The van der Waals surface area contributed by atoms with Crippen LogP contribution in [0.15, 0.2) is 65.6 Å². The highest BCUT2D eigenvalue weighted by Crippen LogP contribution is 2.36. The van der Waals surface area contributed by atoms with Crippen LogP contribution in [0.4, 0.5) is 4.39 Å². The van der Waals surface area contributed by atoms with Gasteiger partial charge in [0.15, 0.2) is 0 Å². The van der Waals surface area contributed by atoms with Gasteiger partial charge < -0.3 is 10.4 Å². The number of hydrogen-bond acceptors (Lipinski definition) is 5. The van der Waals surface area contributed by atoms with Crippen molar-refractivity contribution in [2.45, 2.75) is 42.7 Å². The second-order valence-electron chi connectivity index (χ2n) is 9.63. The summed E-state index contributed by atoms with van der Waals surface area (Å²) < 4.78 is 41.6. The molecule has 1 fully saturated rings.